The summed E-state index contributed by atoms with van der Waals surface area (Å²) in [6.07, 6.45) is 3.48. The van der Waals surface area contributed by atoms with Crippen LogP contribution in [0.4, 0.5) is 16.2 Å². The number of nitrogens with zero attached hydrogens (tertiary/aromatic N) is 2. The van der Waals surface area contributed by atoms with Crippen molar-refractivity contribution in [2.75, 3.05) is 16.8 Å². The molecule has 1 aromatic carbocycles. The summed E-state index contributed by atoms with van der Waals surface area (Å²) in [5.74, 6) is -1.08. The normalized spacial score (nSPS) is 12.9. The molecule has 1 aliphatic heterocycles. The minimum Gasteiger partial charge on any atom is -0.478 e. The molecule has 1 aromatic heterocycles. The van der Waals surface area contributed by atoms with Crippen molar-refractivity contribution in [1.29, 1.82) is 0 Å². The molecule has 6 nitrogen and oxygen atoms in total. The molecule has 0 bridgehead atoms. The monoisotopic (exact) mass is 283 g/mol. The number of fused-ring (bicyclic) bond motifs is 1. The lowest BCUT2D eigenvalue weighted by molar-refractivity contribution is 0.0696. The Kier molecular flexibility index (Phi) is 3.27. The van der Waals surface area contributed by atoms with Crippen LogP contribution in [0.5, 0.6) is 0 Å². The Balaban J connectivity index is 1.79. The molecule has 0 saturated carbocycles. The summed E-state index contributed by atoms with van der Waals surface area (Å²) < 4.78 is 0. The first-order valence-electron chi connectivity index (χ1n) is 6.50. The highest BCUT2D eigenvalue weighted by molar-refractivity contribution is 6.03. The van der Waals surface area contributed by atoms with Gasteiger partial charge in [0.1, 0.15) is 0 Å². The van der Waals surface area contributed by atoms with E-state index in [0.717, 1.165) is 17.7 Å². The van der Waals surface area contributed by atoms with E-state index in [9.17, 15) is 9.59 Å². The summed E-state index contributed by atoms with van der Waals surface area (Å²) >= 11 is 0. The molecule has 6 heteroatoms. The molecule has 2 aromatic rings. The average Bonchev–Trinajstić information content (AvgIpc) is 2.91. The molecule has 0 unspecified atom stereocenters. The maximum Gasteiger partial charge on any atom is 0.337 e. The van der Waals surface area contributed by atoms with E-state index in [1.807, 2.05) is 24.3 Å². The number of aromatic carboxylic acids is 1. The molecule has 1 aliphatic rings. The number of anilines is 2. The van der Waals surface area contributed by atoms with Gasteiger partial charge in [-0.15, -0.1) is 0 Å². The number of urea groups is 1. The van der Waals surface area contributed by atoms with Crippen molar-refractivity contribution < 1.29 is 14.7 Å². The van der Waals surface area contributed by atoms with Gasteiger partial charge in [-0.1, -0.05) is 18.2 Å². The zero-order valence-electron chi connectivity index (χ0n) is 11.1. The fraction of sp³-hybridized carbons (Fsp3) is 0.133. The van der Waals surface area contributed by atoms with Gasteiger partial charge in [-0.05, 0) is 24.1 Å². The third-order valence-electron chi connectivity index (χ3n) is 3.37. The van der Waals surface area contributed by atoms with E-state index in [-0.39, 0.29) is 11.6 Å². The Bertz CT molecular complexity index is 715. The molecule has 106 valence electrons. The molecule has 0 spiro atoms. The first kappa shape index (κ1) is 13.1. The van der Waals surface area contributed by atoms with Crippen LogP contribution in [0, 0.1) is 0 Å². The number of pyridine rings is 1. The van der Waals surface area contributed by atoms with Gasteiger partial charge in [0.25, 0.3) is 0 Å². The number of carboxylic acids is 1. The van der Waals surface area contributed by atoms with Crippen LogP contribution in [0.2, 0.25) is 0 Å². The third kappa shape index (κ3) is 2.55. The van der Waals surface area contributed by atoms with E-state index in [1.54, 1.807) is 4.90 Å². The van der Waals surface area contributed by atoms with Crippen molar-refractivity contribution in [3.63, 3.8) is 0 Å². The molecule has 3 rings (SSSR count). The molecule has 21 heavy (non-hydrogen) atoms. The standard InChI is InChI=1S/C15H13N3O3/c19-14(20)11-7-12(9-16-8-11)17-15(21)18-6-5-10-3-1-2-4-13(10)18/h1-4,7-9H,5-6H2,(H,17,21)(H,19,20). The van der Waals surface area contributed by atoms with Gasteiger partial charge in [0.2, 0.25) is 0 Å². The van der Waals surface area contributed by atoms with E-state index >= 15 is 0 Å². The maximum atomic E-state index is 12.3. The molecule has 0 fully saturated rings. The van der Waals surface area contributed by atoms with Gasteiger partial charge in [0.05, 0.1) is 17.4 Å². The number of amides is 2. The van der Waals surface area contributed by atoms with Crippen molar-refractivity contribution in [3.05, 3.63) is 53.9 Å². The lowest BCUT2D eigenvalue weighted by Crippen LogP contribution is -2.33. The zero-order chi connectivity index (χ0) is 14.8. The number of para-hydroxylation sites is 1. The van der Waals surface area contributed by atoms with Crippen molar-refractivity contribution in [1.82, 2.24) is 4.98 Å². The minimum absolute atomic E-state index is 0.0367. The van der Waals surface area contributed by atoms with Crippen molar-refractivity contribution in [3.8, 4) is 0 Å². The predicted molar refractivity (Wildman–Crippen MR) is 77.7 cm³/mol. The first-order chi connectivity index (χ1) is 10.1. The fourth-order valence-corrected chi connectivity index (χ4v) is 2.37. The summed E-state index contributed by atoms with van der Waals surface area (Å²) in [6.45, 7) is 0.608. The summed E-state index contributed by atoms with van der Waals surface area (Å²) in [5, 5.41) is 11.6. The summed E-state index contributed by atoms with van der Waals surface area (Å²) in [6, 6.07) is 8.82. The number of hydrogen-bond acceptors (Lipinski definition) is 3. The molecule has 0 aliphatic carbocycles. The number of nitrogens with one attached hydrogen (secondary N) is 1. The first-order valence-corrected chi connectivity index (χ1v) is 6.50. The summed E-state index contributed by atoms with van der Waals surface area (Å²) in [4.78, 5) is 28.7. The second-order valence-electron chi connectivity index (χ2n) is 4.73. The number of carboxylic acid groups (broad SMARTS) is 1. The smallest absolute Gasteiger partial charge is 0.337 e. The minimum atomic E-state index is -1.08. The largest absolute Gasteiger partial charge is 0.478 e. The highest BCUT2D eigenvalue weighted by Gasteiger charge is 2.24. The number of carbonyl (C=O) groups is 2. The van der Waals surface area contributed by atoms with Crippen LogP contribution in [0.15, 0.2) is 42.7 Å². The quantitative estimate of drug-likeness (QED) is 0.886. The average molecular weight is 283 g/mol. The second kappa shape index (κ2) is 5.24. The van der Waals surface area contributed by atoms with Gasteiger partial charge in [0.15, 0.2) is 0 Å². The lowest BCUT2D eigenvalue weighted by Gasteiger charge is -2.18. The molecule has 0 atom stereocenters. The molecule has 2 N–H and O–H groups in total. The van der Waals surface area contributed by atoms with Crippen LogP contribution in [0.1, 0.15) is 15.9 Å². The van der Waals surface area contributed by atoms with E-state index in [2.05, 4.69) is 10.3 Å². The topological polar surface area (TPSA) is 82.5 Å². The van der Waals surface area contributed by atoms with E-state index < -0.39 is 5.97 Å². The molecule has 2 heterocycles. The van der Waals surface area contributed by atoms with Crippen LogP contribution in [0.25, 0.3) is 0 Å². The van der Waals surface area contributed by atoms with Crippen LogP contribution >= 0.6 is 0 Å². The Morgan fingerprint density at radius 2 is 2.05 bits per heavy atom. The summed E-state index contributed by atoms with van der Waals surface area (Å²) in [7, 11) is 0. The van der Waals surface area contributed by atoms with Gasteiger partial charge in [-0.25, -0.2) is 9.59 Å². The Labute approximate surface area is 121 Å². The zero-order valence-corrected chi connectivity index (χ0v) is 11.1. The summed E-state index contributed by atoms with van der Waals surface area (Å²) in [5.41, 5.74) is 2.42. The predicted octanol–water partition coefficient (Wildman–Crippen LogP) is 2.37. The number of benzene rings is 1. The van der Waals surface area contributed by atoms with Gasteiger partial charge >= 0.3 is 12.0 Å². The van der Waals surface area contributed by atoms with Crippen molar-refractivity contribution in [2.45, 2.75) is 6.42 Å². The van der Waals surface area contributed by atoms with E-state index in [4.69, 9.17) is 5.11 Å². The van der Waals surface area contributed by atoms with Gasteiger partial charge < -0.3 is 10.4 Å². The molecular weight excluding hydrogens is 270 g/mol. The fourth-order valence-electron chi connectivity index (χ4n) is 2.37. The van der Waals surface area contributed by atoms with Crippen LogP contribution in [0.3, 0.4) is 0 Å². The van der Waals surface area contributed by atoms with Crippen molar-refractivity contribution >= 4 is 23.4 Å². The number of rotatable bonds is 2. The van der Waals surface area contributed by atoms with E-state index in [0.29, 0.717) is 12.2 Å². The highest BCUT2D eigenvalue weighted by atomic mass is 16.4. The maximum absolute atomic E-state index is 12.3. The van der Waals surface area contributed by atoms with Gasteiger partial charge in [0, 0.05) is 18.4 Å². The SMILES string of the molecule is O=C(O)c1cncc(NC(=O)N2CCc3ccccc32)c1. The Morgan fingerprint density at radius 1 is 1.24 bits per heavy atom. The van der Waals surface area contributed by atoms with Crippen LogP contribution < -0.4 is 10.2 Å². The molecule has 2 amide bonds. The van der Waals surface area contributed by atoms with Gasteiger partial charge in [-0.3, -0.25) is 9.88 Å². The van der Waals surface area contributed by atoms with Crippen LogP contribution in [-0.2, 0) is 6.42 Å². The third-order valence-corrected chi connectivity index (χ3v) is 3.37. The Morgan fingerprint density at radius 3 is 2.86 bits per heavy atom. The van der Waals surface area contributed by atoms with Crippen molar-refractivity contribution in [2.24, 2.45) is 0 Å². The lowest BCUT2D eigenvalue weighted by atomic mass is 10.2. The number of carbonyl (C=O) groups excluding carboxylic acids is 1. The second-order valence-corrected chi connectivity index (χ2v) is 4.73. The van der Waals surface area contributed by atoms with Gasteiger partial charge in [-0.2, -0.15) is 0 Å². The molecule has 0 saturated heterocycles. The highest BCUT2D eigenvalue weighted by Crippen LogP contribution is 2.27. The van der Waals surface area contributed by atoms with Crippen LogP contribution in [-0.4, -0.2) is 28.6 Å². The molecular formula is C15H13N3O3. The number of hydrogen-bond donors (Lipinski definition) is 2. The van der Waals surface area contributed by atoms with E-state index in [1.165, 1.54) is 18.5 Å². The number of aromatic nitrogens is 1. The Hall–Kier alpha value is -2.89. The molecule has 0 radical (unpaired) electrons.